The van der Waals surface area contributed by atoms with Gasteiger partial charge >= 0.3 is 0 Å². The topological polar surface area (TPSA) is 53.6 Å². The summed E-state index contributed by atoms with van der Waals surface area (Å²) in [6.45, 7) is 4.87. The molecule has 0 radical (unpaired) electrons. The molecule has 1 saturated heterocycles. The summed E-state index contributed by atoms with van der Waals surface area (Å²) in [6.07, 6.45) is -0.428. The van der Waals surface area contributed by atoms with Crippen molar-refractivity contribution >= 4 is 17.3 Å². The van der Waals surface area contributed by atoms with Gasteiger partial charge in [0.25, 0.3) is 5.91 Å². The number of benzene rings is 2. The van der Waals surface area contributed by atoms with Crippen molar-refractivity contribution in [1.29, 1.82) is 0 Å². The van der Waals surface area contributed by atoms with Gasteiger partial charge in [-0.25, -0.2) is 0 Å². The van der Waals surface area contributed by atoms with E-state index in [0.29, 0.717) is 19.7 Å². The fourth-order valence-corrected chi connectivity index (χ4v) is 2.89. The van der Waals surface area contributed by atoms with Gasteiger partial charge in [0, 0.05) is 19.6 Å². The Balaban J connectivity index is 1.66. The molecule has 0 spiro atoms. The summed E-state index contributed by atoms with van der Waals surface area (Å²) in [5.41, 5.74) is 4.16. The smallest absolute Gasteiger partial charge is 0.254 e. The molecular formula is C20H25N3O2. The van der Waals surface area contributed by atoms with E-state index in [-0.39, 0.29) is 5.91 Å². The molecule has 0 aliphatic carbocycles. The second-order valence-corrected chi connectivity index (χ2v) is 6.44. The van der Waals surface area contributed by atoms with E-state index < -0.39 is 6.10 Å². The highest BCUT2D eigenvalue weighted by Gasteiger charge is 2.25. The SMILES string of the molecule is Cc1ccccc1CNc1ccccc1NC(=O)[C@H]1CN(C)CCO1. The van der Waals surface area contributed by atoms with Crippen LogP contribution in [0.3, 0.4) is 0 Å². The predicted molar refractivity (Wildman–Crippen MR) is 101 cm³/mol. The molecule has 2 N–H and O–H groups in total. The molecule has 5 heteroatoms. The quantitative estimate of drug-likeness (QED) is 0.879. The lowest BCUT2D eigenvalue weighted by atomic mass is 10.1. The van der Waals surface area contributed by atoms with Crippen LogP contribution in [0.15, 0.2) is 48.5 Å². The molecule has 0 saturated carbocycles. The number of hydrogen-bond donors (Lipinski definition) is 2. The van der Waals surface area contributed by atoms with Gasteiger partial charge in [0.1, 0.15) is 6.10 Å². The zero-order valence-corrected chi connectivity index (χ0v) is 14.8. The Morgan fingerprint density at radius 2 is 1.88 bits per heavy atom. The first kappa shape index (κ1) is 17.5. The van der Waals surface area contributed by atoms with Gasteiger partial charge in [0.15, 0.2) is 0 Å². The van der Waals surface area contributed by atoms with Crippen LogP contribution in [-0.4, -0.2) is 43.7 Å². The number of carbonyl (C=O) groups is 1. The van der Waals surface area contributed by atoms with Gasteiger partial charge in [-0.3, -0.25) is 4.79 Å². The molecule has 2 aromatic carbocycles. The molecule has 132 valence electrons. The third-order valence-corrected chi connectivity index (χ3v) is 4.48. The number of anilines is 2. The Hall–Kier alpha value is -2.37. The fraction of sp³-hybridized carbons (Fsp3) is 0.350. The second-order valence-electron chi connectivity index (χ2n) is 6.44. The molecule has 0 unspecified atom stereocenters. The number of likely N-dealkylation sites (N-methyl/N-ethyl adjacent to an activating group) is 1. The Kier molecular flexibility index (Phi) is 5.68. The van der Waals surface area contributed by atoms with Crippen molar-refractivity contribution in [3.8, 4) is 0 Å². The van der Waals surface area contributed by atoms with Crippen LogP contribution in [0.5, 0.6) is 0 Å². The zero-order valence-electron chi connectivity index (χ0n) is 14.8. The standard InChI is InChI=1S/C20H25N3O2/c1-15-7-3-4-8-16(15)13-21-17-9-5-6-10-18(17)22-20(24)19-14-23(2)11-12-25-19/h3-10,19,21H,11-14H2,1-2H3,(H,22,24)/t19-/m1/s1. The number of nitrogens with one attached hydrogen (secondary N) is 2. The van der Waals surface area contributed by atoms with Crippen LogP contribution in [0.25, 0.3) is 0 Å². The summed E-state index contributed by atoms with van der Waals surface area (Å²) >= 11 is 0. The maximum Gasteiger partial charge on any atom is 0.254 e. The molecule has 1 heterocycles. The fourth-order valence-electron chi connectivity index (χ4n) is 2.89. The largest absolute Gasteiger partial charge is 0.379 e. The minimum Gasteiger partial charge on any atom is -0.379 e. The third kappa shape index (κ3) is 4.59. The minimum atomic E-state index is -0.428. The minimum absolute atomic E-state index is 0.100. The summed E-state index contributed by atoms with van der Waals surface area (Å²) < 4.78 is 5.59. The Bertz CT molecular complexity index is 732. The molecule has 25 heavy (non-hydrogen) atoms. The Morgan fingerprint density at radius 3 is 2.64 bits per heavy atom. The van der Waals surface area contributed by atoms with Gasteiger partial charge in [-0.05, 0) is 37.2 Å². The second kappa shape index (κ2) is 8.14. The highest BCUT2D eigenvalue weighted by atomic mass is 16.5. The average molecular weight is 339 g/mol. The van der Waals surface area contributed by atoms with Crippen LogP contribution < -0.4 is 10.6 Å². The van der Waals surface area contributed by atoms with Gasteiger partial charge < -0.3 is 20.3 Å². The van der Waals surface area contributed by atoms with Crippen LogP contribution in [-0.2, 0) is 16.1 Å². The first-order chi connectivity index (χ1) is 12.1. The van der Waals surface area contributed by atoms with Crippen molar-refractivity contribution in [2.45, 2.75) is 19.6 Å². The lowest BCUT2D eigenvalue weighted by Gasteiger charge is -2.29. The lowest BCUT2D eigenvalue weighted by Crippen LogP contribution is -2.46. The third-order valence-electron chi connectivity index (χ3n) is 4.48. The molecule has 5 nitrogen and oxygen atoms in total. The van der Waals surface area contributed by atoms with E-state index in [2.05, 4.69) is 34.6 Å². The van der Waals surface area contributed by atoms with E-state index in [1.54, 1.807) is 0 Å². The number of rotatable bonds is 5. The number of amides is 1. The number of morpholine rings is 1. The molecule has 0 bridgehead atoms. The average Bonchev–Trinajstić information content (AvgIpc) is 2.62. The van der Waals surface area contributed by atoms with E-state index >= 15 is 0 Å². The van der Waals surface area contributed by atoms with Crippen molar-refractivity contribution < 1.29 is 9.53 Å². The molecule has 3 rings (SSSR count). The first-order valence-corrected chi connectivity index (χ1v) is 8.62. The molecule has 2 aromatic rings. The molecule has 1 aliphatic rings. The lowest BCUT2D eigenvalue weighted by molar-refractivity contribution is -0.132. The van der Waals surface area contributed by atoms with Crippen molar-refractivity contribution in [3.05, 3.63) is 59.7 Å². The van der Waals surface area contributed by atoms with Crippen LogP contribution in [0, 0.1) is 6.92 Å². The van der Waals surface area contributed by atoms with Gasteiger partial charge in [0.2, 0.25) is 0 Å². The van der Waals surface area contributed by atoms with Crippen molar-refractivity contribution in [2.75, 3.05) is 37.4 Å². The monoisotopic (exact) mass is 339 g/mol. The number of ether oxygens (including phenoxy) is 1. The molecule has 1 amide bonds. The predicted octanol–water partition coefficient (Wildman–Crippen LogP) is 2.88. The summed E-state index contributed by atoms with van der Waals surface area (Å²) in [4.78, 5) is 14.6. The Labute approximate surface area is 149 Å². The van der Waals surface area contributed by atoms with Gasteiger partial charge in [0.05, 0.1) is 18.0 Å². The van der Waals surface area contributed by atoms with E-state index in [4.69, 9.17) is 4.74 Å². The zero-order chi connectivity index (χ0) is 17.6. The van der Waals surface area contributed by atoms with Gasteiger partial charge in [-0.15, -0.1) is 0 Å². The molecule has 1 aliphatic heterocycles. The normalized spacial score (nSPS) is 17.9. The van der Waals surface area contributed by atoms with Gasteiger partial charge in [-0.1, -0.05) is 36.4 Å². The Morgan fingerprint density at radius 1 is 1.16 bits per heavy atom. The van der Waals surface area contributed by atoms with Crippen LogP contribution in [0.4, 0.5) is 11.4 Å². The highest BCUT2D eigenvalue weighted by Crippen LogP contribution is 2.23. The summed E-state index contributed by atoms with van der Waals surface area (Å²) in [7, 11) is 2.00. The summed E-state index contributed by atoms with van der Waals surface area (Å²) in [5, 5.41) is 6.42. The maximum absolute atomic E-state index is 12.5. The van der Waals surface area contributed by atoms with Crippen molar-refractivity contribution in [2.24, 2.45) is 0 Å². The number of aryl methyl sites for hydroxylation is 1. The van der Waals surface area contributed by atoms with E-state index in [9.17, 15) is 4.79 Å². The highest BCUT2D eigenvalue weighted by molar-refractivity contribution is 5.97. The van der Waals surface area contributed by atoms with E-state index in [1.807, 2.05) is 43.4 Å². The van der Waals surface area contributed by atoms with Crippen LogP contribution in [0.1, 0.15) is 11.1 Å². The number of para-hydroxylation sites is 2. The van der Waals surface area contributed by atoms with Crippen LogP contribution in [0.2, 0.25) is 0 Å². The van der Waals surface area contributed by atoms with Gasteiger partial charge in [-0.2, -0.15) is 0 Å². The molecule has 0 aromatic heterocycles. The number of hydrogen-bond acceptors (Lipinski definition) is 4. The van der Waals surface area contributed by atoms with E-state index in [1.165, 1.54) is 11.1 Å². The first-order valence-electron chi connectivity index (χ1n) is 8.62. The summed E-state index contributed by atoms with van der Waals surface area (Å²) in [5.74, 6) is -0.100. The number of carbonyl (C=O) groups excluding carboxylic acids is 1. The van der Waals surface area contributed by atoms with Crippen LogP contribution >= 0.6 is 0 Å². The van der Waals surface area contributed by atoms with E-state index in [0.717, 1.165) is 17.9 Å². The molecule has 1 atom stereocenters. The number of nitrogens with zero attached hydrogens (tertiary/aromatic N) is 1. The maximum atomic E-state index is 12.5. The van der Waals surface area contributed by atoms with Crippen molar-refractivity contribution in [3.63, 3.8) is 0 Å². The molecular weight excluding hydrogens is 314 g/mol. The van der Waals surface area contributed by atoms with Crippen molar-refractivity contribution in [1.82, 2.24) is 4.90 Å². The summed E-state index contributed by atoms with van der Waals surface area (Å²) in [6, 6.07) is 16.0. The molecule has 1 fully saturated rings.